The Labute approximate surface area is 152 Å². The number of amides is 1. The molecular weight excluding hydrogens is 358 g/mol. The number of thiophene rings is 1. The van der Waals surface area contributed by atoms with Crippen LogP contribution in [0.2, 0.25) is 0 Å². The third-order valence-corrected chi connectivity index (χ3v) is 7.41. The number of carbonyl (C=O) groups is 1. The monoisotopic (exact) mass is 381 g/mol. The van der Waals surface area contributed by atoms with Crippen molar-refractivity contribution in [3.63, 3.8) is 0 Å². The molecule has 0 fully saturated rings. The first kappa shape index (κ1) is 19.5. The first-order valence-corrected chi connectivity index (χ1v) is 10.6. The summed E-state index contributed by atoms with van der Waals surface area (Å²) in [6.45, 7) is 2.06. The van der Waals surface area contributed by atoms with Crippen LogP contribution >= 0.6 is 11.3 Å². The molecular formula is C18H23NO4S2. The molecule has 0 aliphatic carbocycles. The van der Waals surface area contributed by atoms with Crippen LogP contribution < -0.4 is 10.1 Å². The van der Waals surface area contributed by atoms with Gasteiger partial charge in [-0.15, -0.1) is 11.3 Å². The highest BCUT2D eigenvalue weighted by Crippen LogP contribution is 2.32. The number of nitrogens with one attached hydrogen (secondary N) is 1. The van der Waals surface area contributed by atoms with Crippen molar-refractivity contribution in [1.82, 2.24) is 5.32 Å². The SMILES string of the molecule is CCCCC(=O)NC[C@H](c1ccc(OC)cc1)S(=O)(=O)c1cccs1. The molecule has 0 radical (unpaired) electrons. The normalized spacial score (nSPS) is 12.6. The number of unbranched alkanes of at least 4 members (excludes halogenated alkanes) is 1. The number of methoxy groups -OCH3 is 1. The fourth-order valence-electron chi connectivity index (χ4n) is 2.42. The topological polar surface area (TPSA) is 72.5 Å². The molecule has 1 heterocycles. The Morgan fingerprint density at radius 1 is 1.24 bits per heavy atom. The molecule has 1 aromatic carbocycles. The van der Waals surface area contributed by atoms with Crippen molar-refractivity contribution in [2.45, 2.75) is 35.6 Å². The smallest absolute Gasteiger partial charge is 0.220 e. The minimum atomic E-state index is -3.58. The zero-order chi connectivity index (χ0) is 18.3. The molecule has 1 aromatic heterocycles. The van der Waals surface area contributed by atoms with Crippen LogP contribution in [0.25, 0.3) is 0 Å². The lowest BCUT2D eigenvalue weighted by molar-refractivity contribution is -0.121. The maximum absolute atomic E-state index is 13.0. The predicted octanol–water partition coefficient (Wildman–Crippen LogP) is 3.58. The van der Waals surface area contributed by atoms with Crippen LogP contribution in [0.4, 0.5) is 0 Å². The van der Waals surface area contributed by atoms with Gasteiger partial charge in [-0.25, -0.2) is 8.42 Å². The number of hydrogen-bond acceptors (Lipinski definition) is 5. The molecule has 0 saturated heterocycles. The Balaban J connectivity index is 2.26. The molecule has 0 aliphatic heterocycles. The Morgan fingerprint density at radius 2 is 1.96 bits per heavy atom. The lowest BCUT2D eigenvalue weighted by atomic mass is 10.1. The summed E-state index contributed by atoms with van der Waals surface area (Å²) < 4.78 is 31.4. The predicted molar refractivity (Wildman–Crippen MR) is 99.8 cm³/mol. The van der Waals surface area contributed by atoms with E-state index in [0.717, 1.165) is 12.8 Å². The van der Waals surface area contributed by atoms with Crippen LogP contribution in [0.3, 0.4) is 0 Å². The maximum Gasteiger partial charge on any atom is 0.220 e. The molecule has 0 bridgehead atoms. The first-order valence-electron chi connectivity index (χ1n) is 8.17. The van der Waals surface area contributed by atoms with Crippen molar-refractivity contribution in [2.75, 3.05) is 13.7 Å². The van der Waals surface area contributed by atoms with Gasteiger partial charge in [0.05, 0.1) is 7.11 Å². The van der Waals surface area contributed by atoms with Crippen LogP contribution in [0.1, 0.15) is 37.0 Å². The number of carbonyl (C=O) groups excluding carboxylic acids is 1. The van der Waals surface area contributed by atoms with E-state index in [0.29, 0.717) is 21.9 Å². The highest BCUT2D eigenvalue weighted by atomic mass is 32.2. The Kier molecular flexibility index (Phi) is 7.01. The largest absolute Gasteiger partial charge is 0.497 e. The highest BCUT2D eigenvalue weighted by molar-refractivity contribution is 7.93. The Hall–Kier alpha value is -1.86. The van der Waals surface area contributed by atoms with E-state index in [2.05, 4.69) is 5.32 Å². The van der Waals surface area contributed by atoms with Gasteiger partial charge in [0.25, 0.3) is 0 Å². The van der Waals surface area contributed by atoms with E-state index in [-0.39, 0.29) is 12.5 Å². The summed E-state index contributed by atoms with van der Waals surface area (Å²) in [4.78, 5) is 11.9. The van der Waals surface area contributed by atoms with Gasteiger partial charge in [-0.2, -0.15) is 0 Å². The zero-order valence-electron chi connectivity index (χ0n) is 14.4. The molecule has 7 heteroatoms. The van der Waals surface area contributed by atoms with Gasteiger partial charge in [0.2, 0.25) is 5.91 Å². The molecule has 1 amide bonds. The van der Waals surface area contributed by atoms with E-state index < -0.39 is 15.1 Å². The highest BCUT2D eigenvalue weighted by Gasteiger charge is 2.30. The molecule has 0 spiro atoms. The molecule has 25 heavy (non-hydrogen) atoms. The van der Waals surface area contributed by atoms with Gasteiger partial charge in [0, 0.05) is 13.0 Å². The summed E-state index contributed by atoms with van der Waals surface area (Å²) in [6, 6.07) is 10.2. The molecule has 5 nitrogen and oxygen atoms in total. The number of sulfone groups is 1. The quantitative estimate of drug-likeness (QED) is 0.721. The van der Waals surface area contributed by atoms with Gasteiger partial charge < -0.3 is 10.1 Å². The number of hydrogen-bond donors (Lipinski definition) is 1. The molecule has 2 rings (SSSR count). The minimum absolute atomic E-state index is 0.0507. The standard InChI is InChI=1S/C18H23NO4S2/c1-3-4-6-17(20)19-13-16(14-8-10-15(23-2)11-9-14)25(21,22)18-7-5-12-24-18/h5,7-12,16H,3-4,6,13H2,1-2H3,(H,19,20)/t16-/m1/s1. The first-order chi connectivity index (χ1) is 12.0. The third-order valence-electron chi connectivity index (χ3n) is 3.88. The van der Waals surface area contributed by atoms with Gasteiger partial charge >= 0.3 is 0 Å². The molecule has 2 aromatic rings. The van der Waals surface area contributed by atoms with Gasteiger partial charge in [-0.1, -0.05) is 31.5 Å². The summed E-state index contributed by atoms with van der Waals surface area (Å²) in [5.74, 6) is 0.532. The summed E-state index contributed by atoms with van der Waals surface area (Å²) in [7, 11) is -2.03. The van der Waals surface area contributed by atoms with Crippen molar-refractivity contribution in [3.8, 4) is 5.75 Å². The average Bonchev–Trinajstić information content (AvgIpc) is 3.16. The second-order valence-electron chi connectivity index (χ2n) is 5.65. The fourth-order valence-corrected chi connectivity index (χ4v) is 5.29. The lowest BCUT2D eigenvalue weighted by Gasteiger charge is -2.18. The molecule has 0 aliphatic rings. The molecule has 1 N–H and O–H groups in total. The second kappa shape index (κ2) is 9.01. The van der Waals surface area contributed by atoms with E-state index in [9.17, 15) is 13.2 Å². The van der Waals surface area contributed by atoms with Gasteiger partial charge in [-0.3, -0.25) is 4.79 Å². The summed E-state index contributed by atoms with van der Waals surface area (Å²) in [5, 5.41) is 3.67. The van der Waals surface area contributed by atoms with E-state index in [1.54, 1.807) is 48.9 Å². The van der Waals surface area contributed by atoms with Crippen LogP contribution in [0.5, 0.6) is 5.75 Å². The summed E-state index contributed by atoms with van der Waals surface area (Å²) in [6.07, 6.45) is 2.12. The molecule has 136 valence electrons. The number of rotatable bonds is 9. The lowest BCUT2D eigenvalue weighted by Crippen LogP contribution is -2.31. The van der Waals surface area contributed by atoms with Crippen molar-refractivity contribution in [1.29, 1.82) is 0 Å². The van der Waals surface area contributed by atoms with Crippen molar-refractivity contribution >= 4 is 27.1 Å². The van der Waals surface area contributed by atoms with Gasteiger partial charge in [0.1, 0.15) is 15.2 Å². The maximum atomic E-state index is 13.0. The van der Waals surface area contributed by atoms with Crippen LogP contribution in [-0.4, -0.2) is 28.0 Å². The molecule has 1 atom stereocenters. The van der Waals surface area contributed by atoms with E-state index in [1.807, 2.05) is 6.92 Å². The Bertz CT molecular complexity index is 768. The molecule has 0 unspecified atom stereocenters. The van der Waals surface area contributed by atoms with E-state index >= 15 is 0 Å². The van der Waals surface area contributed by atoms with Crippen molar-refractivity contribution in [3.05, 3.63) is 47.3 Å². The van der Waals surface area contributed by atoms with Gasteiger partial charge in [0.15, 0.2) is 9.84 Å². The van der Waals surface area contributed by atoms with Gasteiger partial charge in [-0.05, 0) is 35.6 Å². The molecule has 0 saturated carbocycles. The average molecular weight is 382 g/mol. The van der Waals surface area contributed by atoms with Crippen LogP contribution in [-0.2, 0) is 14.6 Å². The van der Waals surface area contributed by atoms with Crippen molar-refractivity contribution in [2.24, 2.45) is 0 Å². The van der Waals surface area contributed by atoms with Crippen molar-refractivity contribution < 1.29 is 17.9 Å². The van der Waals surface area contributed by atoms with Crippen LogP contribution in [0.15, 0.2) is 46.0 Å². The van der Waals surface area contributed by atoms with Crippen LogP contribution in [0, 0.1) is 0 Å². The zero-order valence-corrected chi connectivity index (χ0v) is 16.0. The second-order valence-corrected chi connectivity index (χ2v) is 8.95. The minimum Gasteiger partial charge on any atom is -0.497 e. The van der Waals surface area contributed by atoms with E-state index in [4.69, 9.17) is 4.74 Å². The van der Waals surface area contributed by atoms with E-state index in [1.165, 1.54) is 11.3 Å². The number of ether oxygens (including phenoxy) is 1. The summed E-state index contributed by atoms with van der Waals surface area (Å²) in [5.41, 5.74) is 0.630. The summed E-state index contributed by atoms with van der Waals surface area (Å²) >= 11 is 1.18. The fraction of sp³-hybridized carbons (Fsp3) is 0.389. The number of benzene rings is 1. The Morgan fingerprint density at radius 3 is 2.52 bits per heavy atom. The third kappa shape index (κ3) is 5.06.